The molecule has 2 aliphatic heterocycles. The quantitative estimate of drug-likeness (QED) is 0.801. The molecular formula is C15H21NO2. The molecule has 0 bridgehead atoms. The molecule has 2 atom stereocenters. The van der Waals surface area contributed by atoms with Gasteiger partial charge in [0.05, 0.1) is 7.11 Å². The fourth-order valence-corrected chi connectivity index (χ4v) is 3.24. The second-order valence-corrected chi connectivity index (χ2v) is 5.33. The van der Waals surface area contributed by atoms with Gasteiger partial charge >= 0.3 is 0 Å². The van der Waals surface area contributed by atoms with Gasteiger partial charge in [0.15, 0.2) is 11.5 Å². The van der Waals surface area contributed by atoms with Crippen molar-refractivity contribution in [3.05, 3.63) is 23.8 Å². The van der Waals surface area contributed by atoms with Crippen LogP contribution in [0.3, 0.4) is 0 Å². The van der Waals surface area contributed by atoms with Crippen LogP contribution in [0.15, 0.2) is 18.2 Å². The van der Waals surface area contributed by atoms with Gasteiger partial charge in [-0.1, -0.05) is 12.1 Å². The Hall–Kier alpha value is -1.22. The second kappa shape index (κ2) is 4.81. The molecule has 0 amide bonds. The van der Waals surface area contributed by atoms with Crippen molar-refractivity contribution in [3.8, 4) is 11.5 Å². The van der Waals surface area contributed by atoms with Crippen LogP contribution in [0.1, 0.15) is 24.8 Å². The number of methoxy groups -OCH3 is 1. The predicted molar refractivity (Wildman–Crippen MR) is 71.4 cm³/mol. The van der Waals surface area contributed by atoms with E-state index in [2.05, 4.69) is 18.0 Å². The number of para-hydroxylation sites is 1. The Morgan fingerprint density at radius 1 is 1.33 bits per heavy atom. The number of fused-ring (bicyclic) bond motifs is 1. The predicted octanol–water partition coefficient (Wildman–Crippen LogP) is 2.48. The minimum absolute atomic E-state index is 0.321. The molecule has 0 spiro atoms. The molecule has 2 unspecified atom stereocenters. The molecule has 3 heteroatoms. The molecule has 0 radical (unpaired) electrons. The first-order valence-corrected chi connectivity index (χ1v) is 6.82. The van der Waals surface area contributed by atoms with Gasteiger partial charge < -0.3 is 9.47 Å². The summed E-state index contributed by atoms with van der Waals surface area (Å²) < 4.78 is 11.7. The molecule has 1 aromatic carbocycles. The lowest BCUT2D eigenvalue weighted by molar-refractivity contribution is 0.0853. The molecule has 0 aromatic heterocycles. The van der Waals surface area contributed by atoms with Gasteiger partial charge in [0.2, 0.25) is 0 Å². The Labute approximate surface area is 109 Å². The van der Waals surface area contributed by atoms with E-state index in [-0.39, 0.29) is 0 Å². The summed E-state index contributed by atoms with van der Waals surface area (Å²) in [4.78, 5) is 2.44. The maximum Gasteiger partial charge on any atom is 0.164 e. The molecule has 0 aliphatic carbocycles. The molecule has 1 saturated heterocycles. The van der Waals surface area contributed by atoms with Crippen molar-refractivity contribution >= 4 is 0 Å². The Bertz CT molecular complexity index is 418. The molecule has 0 N–H and O–H groups in total. The van der Waals surface area contributed by atoms with E-state index in [1.807, 2.05) is 12.1 Å². The largest absolute Gasteiger partial charge is 0.493 e. The van der Waals surface area contributed by atoms with Crippen LogP contribution in [0.5, 0.6) is 11.5 Å². The lowest BCUT2D eigenvalue weighted by Crippen LogP contribution is -2.42. The lowest BCUT2D eigenvalue weighted by Gasteiger charge is -2.34. The van der Waals surface area contributed by atoms with Gasteiger partial charge in [0, 0.05) is 6.04 Å². The highest BCUT2D eigenvalue weighted by Gasteiger charge is 2.34. The average Bonchev–Trinajstić information content (AvgIpc) is 2.83. The van der Waals surface area contributed by atoms with Crippen molar-refractivity contribution in [1.29, 1.82) is 0 Å². The van der Waals surface area contributed by atoms with Crippen molar-refractivity contribution in [2.75, 3.05) is 20.7 Å². The fourth-order valence-electron chi connectivity index (χ4n) is 3.24. The van der Waals surface area contributed by atoms with Gasteiger partial charge in [-0.25, -0.2) is 0 Å². The summed E-state index contributed by atoms with van der Waals surface area (Å²) in [6.07, 6.45) is 5.09. The van der Waals surface area contributed by atoms with Gasteiger partial charge in [0.1, 0.15) is 6.10 Å². The first-order valence-electron chi connectivity index (χ1n) is 6.82. The first kappa shape index (κ1) is 11.8. The van der Waals surface area contributed by atoms with Gasteiger partial charge in [0.25, 0.3) is 0 Å². The standard InChI is InChI=1S/C15H21NO2/c1-16-10-4-6-12(16)13-9-8-11-5-3-7-14(17-2)15(11)18-13/h3,5,7,12-13H,4,6,8-10H2,1-2H3. The number of aryl methyl sites for hydroxylation is 1. The van der Waals surface area contributed by atoms with Crippen LogP contribution in [0.4, 0.5) is 0 Å². The maximum atomic E-state index is 6.24. The molecule has 1 aromatic rings. The van der Waals surface area contributed by atoms with Crippen LogP contribution in [0, 0.1) is 0 Å². The summed E-state index contributed by atoms with van der Waals surface area (Å²) in [5.41, 5.74) is 1.28. The summed E-state index contributed by atoms with van der Waals surface area (Å²) in [7, 11) is 3.92. The fraction of sp³-hybridized carbons (Fsp3) is 0.600. The van der Waals surface area contributed by atoms with Crippen LogP contribution in [-0.4, -0.2) is 37.7 Å². The lowest BCUT2D eigenvalue weighted by atomic mass is 9.96. The maximum absolute atomic E-state index is 6.24. The molecule has 3 rings (SSSR count). The van der Waals surface area contributed by atoms with Gasteiger partial charge in [-0.3, -0.25) is 4.90 Å². The zero-order valence-corrected chi connectivity index (χ0v) is 11.2. The molecule has 3 nitrogen and oxygen atoms in total. The third-order valence-corrected chi connectivity index (χ3v) is 4.25. The van der Waals surface area contributed by atoms with Crippen molar-refractivity contribution in [3.63, 3.8) is 0 Å². The van der Waals surface area contributed by atoms with Crippen molar-refractivity contribution in [1.82, 2.24) is 4.90 Å². The monoisotopic (exact) mass is 247 g/mol. The molecule has 0 saturated carbocycles. The highest BCUT2D eigenvalue weighted by atomic mass is 16.5. The van der Waals surface area contributed by atoms with E-state index in [4.69, 9.17) is 9.47 Å². The minimum atomic E-state index is 0.321. The van der Waals surface area contributed by atoms with E-state index < -0.39 is 0 Å². The van der Waals surface area contributed by atoms with Crippen LogP contribution in [0.2, 0.25) is 0 Å². The van der Waals surface area contributed by atoms with Crippen LogP contribution >= 0.6 is 0 Å². The van der Waals surface area contributed by atoms with E-state index in [1.54, 1.807) is 7.11 Å². The number of hydrogen-bond donors (Lipinski definition) is 0. The van der Waals surface area contributed by atoms with Crippen LogP contribution < -0.4 is 9.47 Å². The van der Waals surface area contributed by atoms with Crippen molar-refractivity contribution in [2.45, 2.75) is 37.8 Å². The third kappa shape index (κ3) is 1.97. The summed E-state index contributed by atoms with van der Waals surface area (Å²) in [6.45, 7) is 1.20. The highest BCUT2D eigenvalue weighted by Crippen LogP contribution is 2.38. The third-order valence-electron chi connectivity index (χ3n) is 4.25. The number of benzene rings is 1. The van der Waals surface area contributed by atoms with E-state index in [0.717, 1.165) is 24.3 Å². The van der Waals surface area contributed by atoms with Gasteiger partial charge in [-0.2, -0.15) is 0 Å². The molecule has 1 fully saturated rings. The Balaban J connectivity index is 1.83. The molecule has 18 heavy (non-hydrogen) atoms. The minimum Gasteiger partial charge on any atom is -0.493 e. The van der Waals surface area contributed by atoms with Gasteiger partial charge in [-0.15, -0.1) is 0 Å². The topological polar surface area (TPSA) is 21.7 Å². The smallest absolute Gasteiger partial charge is 0.164 e. The Morgan fingerprint density at radius 2 is 2.22 bits per heavy atom. The van der Waals surface area contributed by atoms with E-state index in [9.17, 15) is 0 Å². The average molecular weight is 247 g/mol. The summed E-state index contributed by atoms with van der Waals surface area (Å²) in [6, 6.07) is 6.75. The van der Waals surface area contributed by atoms with E-state index in [0.29, 0.717) is 12.1 Å². The van der Waals surface area contributed by atoms with Crippen LogP contribution in [-0.2, 0) is 6.42 Å². The zero-order chi connectivity index (χ0) is 12.5. The van der Waals surface area contributed by atoms with Crippen molar-refractivity contribution < 1.29 is 9.47 Å². The second-order valence-electron chi connectivity index (χ2n) is 5.33. The molecule has 2 aliphatic rings. The van der Waals surface area contributed by atoms with E-state index in [1.165, 1.54) is 24.9 Å². The highest BCUT2D eigenvalue weighted by molar-refractivity contribution is 5.47. The summed E-state index contributed by atoms with van der Waals surface area (Å²) in [5, 5.41) is 0. The normalized spacial score (nSPS) is 27.7. The number of hydrogen-bond acceptors (Lipinski definition) is 3. The SMILES string of the molecule is COc1cccc2c1OC(C1CCCN1C)CC2. The summed E-state index contributed by atoms with van der Waals surface area (Å²) in [5.74, 6) is 1.84. The number of rotatable bonds is 2. The van der Waals surface area contributed by atoms with E-state index >= 15 is 0 Å². The summed E-state index contributed by atoms with van der Waals surface area (Å²) >= 11 is 0. The first-order chi connectivity index (χ1) is 8.79. The van der Waals surface area contributed by atoms with Gasteiger partial charge in [-0.05, 0) is 50.9 Å². The molecule has 98 valence electrons. The number of likely N-dealkylation sites (tertiary alicyclic amines) is 1. The number of likely N-dealkylation sites (N-methyl/N-ethyl adjacent to an activating group) is 1. The zero-order valence-electron chi connectivity index (χ0n) is 11.2. The Morgan fingerprint density at radius 3 is 2.94 bits per heavy atom. The molecular weight excluding hydrogens is 226 g/mol. The van der Waals surface area contributed by atoms with Crippen LogP contribution in [0.25, 0.3) is 0 Å². The van der Waals surface area contributed by atoms with Crippen molar-refractivity contribution in [2.24, 2.45) is 0 Å². The number of nitrogens with zero attached hydrogens (tertiary/aromatic N) is 1. The number of ether oxygens (including phenoxy) is 2. The molecule has 2 heterocycles. The Kier molecular flexibility index (Phi) is 3.16.